The molecule has 0 radical (unpaired) electrons. The minimum absolute atomic E-state index is 0.0721. The lowest BCUT2D eigenvalue weighted by atomic mass is 10.2. The zero-order chi connectivity index (χ0) is 14.8. The average Bonchev–Trinajstić information content (AvgIpc) is 2.94. The highest BCUT2D eigenvalue weighted by Crippen LogP contribution is 2.32. The Morgan fingerprint density at radius 3 is 2.81 bits per heavy atom. The van der Waals surface area contributed by atoms with Crippen molar-refractivity contribution in [2.75, 3.05) is 19.2 Å². The maximum atomic E-state index is 13.6. The maximum Gasteiger partial charge on any atom is 0.252 e. The highest BCUT2D eigenvalue weighted by molar-refractivity contribution is 5.44. The van der Waals surface area contributed by atoms with Crippen LogP contribution in [0.25, 0.3) is 0 Å². The molecule has 3 rings (SSSR count). The number of anilines is 1. The lowest BCUT2D eigenvalue weighted by molar-refractivity contribution is 0.174. The molecule has 5 nitrogen and oxygen atoms in total. The summed E-state index contributed by atoms with van der Waals surface area (Å²) < 4.78 is 42.6. The van der Waals surface area contributed by atoms with E-state index < -0.39 is 11.6 Å². The number of hydrogen-bond acceptors (Lipinski definition) is 5. The standard InChI is InChI=1S/C14H12F2N2O3/c1-17-13-9(15)5-10(16)14(18-13)19-6-8-2-3-11-12(4-8)21-7-20-11/h2-5H,6-7H2,1H3,(H,17,18). The van der Waals surface area contributed by atoms with Crippen LogP contribution in [0.15, 0.2) is 24.3 Å². The number of halogens is 2. The van der Waals surface area contributed by atoms with Crippen molar-refractivity contribution in [3.8, 4) is 17.4 Å². The first kappa shape index (κ1) is 13.4. The molecule has 110 valence electrons. The van der Waals surface area contributed by atoms with Crippen LogP contribution in [0.4, 0.5) is 14.6 Å². The van der Waals surface area contributed by atoms with Crippen LogP contribution in [0.1, 0.15) is 5.56 Å². The van der Waals surface area contributed by atoms with Gasteiger partial charge in [0.1, 0.15) is 6.61 Å². The third kappa shape index (κ3) is 2.67. The second-order valence-corrected chi connectivity index (χ2v) is 4.33. The van der Waals surface area contributed by atoms with Gasteiger partial charge in [-0.2, -0.15) is 4.98 Å². The van der Waals surface area contributed by atoms with Crippen LogP contribution in [0.3, 0.4) is 0 Å². The van der Waals surface area contributed by atoms with Crippen LogP contribution in [-0.4, -0.2) is 18.8 Å². The minimum Gasteiger partial charge on any atom is -0.471 e. The van der Waals surface area contributed by atoms with E-state index >= 15 is 0 Å². The second-order valence-electron chi connectivity index (χ2n) is 4.33. The summed E-state index contributed by atoms with van der Waals surface area (Å²) in [6.45, 7) is 0.259. The van der Waals surface area contributed by atoms with Crippen LogP contribution in [0, 0.1) is 11.6 Å². The smallest absolute Gasteiger partial charge is 0.252 e. The highest BCUT2D eigenvalue weighted by Gasteiger charge is 2.15. The summed E-state index contributed by atoms with van der Waals surface area (Å²) in [4.78, 5) is 3.74. The molecule has 2 heterocycles. The molecule has 0 saturated heterocycles. The molecule has 0 amide bonds. The van der Waals surface area contributed by atoms with E-state index in [-0.39, 0.29) is 25.1 Å². The van der Waals surface area contributed by atoms with Crippen LogP contribution < -0.4 is 19.5 Å². The Hall–Kier alpha value is -2.57. The number of nitrogens with zero attached hydrogens (tertiary/aromatic N) is 1. The van der Waals surface area contributed by atoms with Crippen LogP contribution >= 0.6 is 0 Å². The van der Waals surface area contributed by atoms with Crippen molar-refractivity contribution < 1.29 is 23.0 Å². The topological polar surface area (TPSA) is 52.6 Å². The fraction of sp³-hybridized carbons (Fsp3) is 0.214. The summed E-state index contributed by atoms with van der Waals surface area (Å²) in [5, 5.41) is 2.53. The lowest BCUT2D eigenvalue weighted by Crippen LogP contribution is -2.04. The number of rotatable bonds is 4. The van der Waals surface area contributed by atoms with E-state index in [2.05, 4.69) is 10.3 Å². The van der Waals surface area contributed by atoms with Gasteiger partial charge < -0.3 is 19.5 Å². The third-order valence-corrected chi connectivity index (χ3v) is 2.95. The predicted molar refractivity (Wildman–Crippen MR) is 70.6 cm³/mol. The van der Waals surface area contributed by atoms with Gasteiger partial charge in [0.15, 0.2) is 29.0 Å². The second kappa shape index (κ2) is 5.43. The predicted octanol–water partition coefficient (Wildman–Crippen LogP) is 2.71. The number of nitrogens with one attached hydrogen (secondary N) is 1. The number of hydrogen-bond donors (Lipinski definition) is 1. The van der Waals surface area contributed by atoms with E-state index in [1.165, 1.54) is 7.05 Å². The first-order valence-corrected chi connectivity index (χ1v) is 6.22. The third-order valence-electron chi connectivity index (χ3n) is 2.95. The Kier molecular flexibility index (Phi) is 3.47. The normalized spacial score (nSPS) is 12.3. The molecule has 0 aliphatic carbocycles. The monoisotopic (exact) mass is 294 g/mol. The number of aromatic nitrogens is 1. The summed E-state index contributed by atoms with van der Waals surface area (Å²) in [6, 6.07) is 5.99. The molecule has 0 spiro atoms. The van der Waals surface area contributed by atoms with Gasteiger partial charge in [0.25, 0.3) is 5.88 Å². The number of fused-ring (bicyclic) bond motifs is 1. The molecule has 1 aromatic heterocycles. The van der Waals surface area contributed by atoms with Crippen molar-refractivity contribution >= 4 is 5.82 Å². The average molecular weight is 294 g/mol. The van der Waals surface area contributed by atoms with Gasteiger partial charge in [-0.15, -0.1) is 0 Å². The van der Waals surface area contributed by atoms with Gasteiger partial charge in [-0.1, -0.05) is 6.07 Å². The minimum atomic E-state index is -0.854. The van der Waals surface area contributed by atoms with Crippen molar-refractivity contribution in [2.24, 2.45) is 0 Å². The Morgan fingerprint density at radius 2 is 2.00 bits per heavy atom. The van der Waals surface area contributed by atoms with E-state index in [0.29, 0.717) is 11.5 Å². The molecule has 7 heteroatoms. The first-order chi connectivity index (χ1) is 10.2. The van der Waals surface area contributed by atoms with Crippen molar-refractivity contribution in [2.45, 2.75) is 6.61 Å². The first-order valence-electron chi connectivity index (χ1n) is 6.22. The van der Waals surface area contributed by atoms with Gasteiger partial charge in [-0.3, -0.25) is 0 Å². The van der Waals surface area contributed by atoms with E-state index in [1.54, 1.807) is 18.2 Å². The van der Waals surface area contributed by atoms with E-state index in [0.717, 1.165) is 11.6 Å². The van der Waals surface area contributed by atoms with Crippen molar-refractivity contribution in [1.82, 2.24) is 4.98 Å². The maximum absolute atomic E-state index is 13.6. The molecule has 0 saturated carbocycles. The van der Waals surface area contributed by atoms with Crippen LogP contribution in [0.2, 0.25) is 0 Å². The zero-order valence-electron chi connectivity index (χ0n) is 11.2. The summed E-state index contributed by atoms with van der Waals surface area (Å²) >= 11 is 0. The Bertz CT molecular complexity index is 680. The molecule has 2 aromatic rings. The van der Waals surface area contributed by atoms with Crippen LogP contribution in [-0.2, 0) is 6.61 Å². The van der Waals surface area contributed by atoms with Crippen molar-refractivity contribution in [1.29, 1.82) is 0 Å². The molecule has 1 aliphatic rings. The quantitative estimate of drug-likeness (QED) is 0.939. The summed E-state index contributed by atoms with van der Waals surface area (Å²) in [7, 11) is 1.49. The van der Waals surface area contributed by atoms with Gasteiger partial charge in [0.2, 0.25) is 6.79 Å². The Labute approximate surface area is 119 Å². The van der Waals surface area contributed by atoms with Crippen molar-refractivity contribution in [3.05, 3.63) is 41.5 Å². The molecule has 0 fully saturated rings. The van der Waals surface area contributed by atoms with Gasteiger partial charge in [0, 0.05) is 13.1 Å². The molecule has 1 aliphatic heterocycles. The Balaban J connectivity index is 1.75. The molecule has 1 aromatic carbocycles. The number of pyridine rings is 1. The SMILES string of the molecule is CNc1nc(OCc2ccc3c(c2)OCO3)c(F)cc1F. The fourth-order valence-electron chi connectivity index (χ4n) is 1.91. The van der Waals surface area contributed by atoms with Gasteiger partial charge in [0.05, 0.1) is 0 Å². The van der Waals surface area contributed by atoms with E-state index in [9.17, 15) is 8.78 Å². The van der Waals surface area contributed by atoms with E-state index in [4.69, 9.17) is 14.2 Å². The molecule has 1 N–H and O–H groups in total. The molecule has 0 bridgehead atoms. The molecule has 0 atom stereocenters. The zero-order valence-corrected chi connectivity index (χ0v) is 11.2. The van der Waals surface area contributed by atoms with Crippen molar-refractivity contribution in [3.63, 3.8) is 0 Å². The van der Waals surface area contributed by atoms with Gasteiger partial charge in [-0.05, 0) is 17.7 Å². The van der Waals surface area contributed by atoms with E-state index in [1.807, 2.05) is 0 Å². The Morgan fingerprint density at radius 1 is 1.19 bits per heavy atom. The fourth-order valence-corrected chi connectivity index (χ4v) is 1.91. The van der Waals surface area contributed by atoms with Gasteiger partial charge in [-0.25, -0.2) is 8.78 Å². The van der Waals surface area contributed by atoms with Crippen LogP contribution in [0.5, 0.6) is 17.4 Å². The molecule has 21 heavy (non-hydrogen) atoms. The molecule has 0 unspecified atom stereocenters. The summed E-state index contributed by atoms with van der Waals surface area (Å²) in [5.41, 5.74) is 0.760. The largest absolute Gasteiger partial charge is 0.471 e. The number of ether oxygens (including phenoxy) is 3. The highest BCUT2D eigenvalue weighted by atomic mass is 19.1. The molecular weight excluding hydrogens is 282 g/mol. The number of benzene rings is 1. The lowest BCUT2D eigenvalue weighted by Gasteiger charge is -2.09. The summed E-state index contributed by atoms with van der Waals surface area (Å²) in [6.07, 6.45) is 0. The van der Waals surface area contributed by atoms with Gasteiger partial charge >= 0.3 is 0 Å². The molecular formula is C14H12F2N2O3. The summed E-state index contributed by atoms with van der Waals surface area (Å²) in [5.74, 6) is -0.699.